The molecule has 0 aliphatic carbocycles. The van der Waals surface area contributed by atoms with E-state index in [9.17, 15) is 4.79 Å². The van der Waals surface area contributed by atoms with E-state index in [-0.39, 0.29) is 6.61 Å². The van der Waals surface area contributed by atoms with E-state index in [1.807, 2.05) is 30.3 Å². The van der Waals surface area contributed by atoms with Crippen molar-refractivity contribution in [3.8, 4) is 5.75 Å². The molecule has 1 unspecified atom stereocenters. The number of aliphatic imine (C=N–C) groups is 1. The lowest BCUT2D eigenvalue weighted by atomic mass is 10.0. The van der Waals surface area contributed by atoms with Crippen LogP contribution in [0.2, 0.25) is 0 Å². The van der Waals surface area contributed by atoms with Gasteiger partial charge in [-0.25, -0.2) is 0 Å². The monoisotopic (exact) mass is 368 g/mol. The number of carbonyl (C=O) groups excluding carboxylic acids is 1. The summed E-state index contributed by atoms with van der Waals surface area (Å²) in [6.07, 6.45) is 0.852. The van der Waals surface area contributed by atoms with E-state index in [4.69, 9.17) is 10.5 Å². The number of nitrogens with zero attached hydrogens (tertiary/aromatic N) is 1. The molecule has 0 aliphatic heterocycles. The molecule has 0 aliphatic rings. The average Bonchev–Trinajstić information content (AvgIpc) is 2.70. The molecule has 0 saturated carbocycles. The summed E-state index contributed by atoms with van der Waals surface area (Å²) >= 11 is 0. The number of hydrogen-bond donors (Lipinski definition) is 3. The summed E-state index contributed by atoms with van der Waals surface area (Å²) < 4.78 is 5.25. The largest absolute Gasteiger partial charge is 0.484 e. The fourth-order valence-corrected chi connectivity index (χ4v) is 2.60. The Bertz CT molecular complexity index is 730. The first kappa shape index (κ1) is 20.3. The third-order valence-electron chi connectivity index (χ3n) is 4.18. The number of ether oxygens (including phenoxy) is 1. The zero-order chi connectivity index (χ0) is 19.5. The molecule has 0 aromatic heterocycles. The smallest absolute Gasteiger partial charge is 0.255 e. The first-order valence-corrected chi connectivity index (χ1v) is 9.08. The average molecular weight is 368 g/mol. The lowest BCUT2D eigenvalue weighted by molar-refractivity contribution is -0.119. The second kappa shape index (κ2) is 10.9. The summed E-state index contributed by atoms with van der Waals surface area (Å²) in [4.78, 5) is 15.0. The van der Waals surface area contributed by atoms with E-state index in [2.05, 4.69) is 46.8 Å². The summed E-state index contributed by atoms with van der Waals surface area (Å²) in [5.74, 6) is 1.35. The van der Waals surface area contributed by atoms with Gasteiger partial charge in [-0.1, -0.05) is 49.4 Å². The number of rotatable bonds is 9. The first-order chi connectivity index (χ1) is 13.1. The normalized spacial score (nSPS) is 12.3. The van der Waals surface area contributed by atoms with Crippen molar-refractivity contribution in [2.24, 2.45) is 10.7 Å². The molecule has 0 spiro atoms. The number of amides is 1. The van der Waals surface area contributed by atoms with Crippen molar-refractivity contribution >= 4 is 11.9 Å². The lowest BCUT2D eigenvalue weighted by Crippen LogP contribution is -2.39. The molecule has 0 saturated heterocycles. The van der Waals surface area contributed by atoms with Gasteiger partial charge in [-0.05, 0) is 35.6 Å². The molecule has 2 aromatic rings. The molecule has 0 fully saturated rings. The minimum absolute atomic E-state index is 0.107. The predicted molar refractivity (Wildman–Crippen MR) is 109 cm³/mol. The van der Waals surface area contributed by atoms with Gasteiger partial charge in [0.15, 0.2) is 12.6 Å². The second-order valence-electron chi connectivity index (χ2n) is 6.34. The van der Waals surface area contributed by atoms with Crippen LogP contribution in [0.25, 0.3) is 0 Å². The maximum Gasteiger partial charge on any atom is 0.255 e. The third kappa shape index (κ3) is 7.40. The fourth-order valence-electron chi connectivity index (χ4n) is 2.60. The number of primary amides is 1. The van der Waals surface area contributed by atoms with Crippen molar-refractivity contribution in [2.75, 3.05) is 26.7 Å². The summed E-state index contributed by atoms with van der Waals surface area (Å²) in [6, 6.07) is 18.1. The van der Waals surface area contributed by atoms with Crippen LogP contribution in [-0.2, 0) is 11.2 Å². The molecule has 0 radical (unpaired) electrons. The van der Waals surface area contributed by atoms with E-state index in [0.29, 0.717) is 11.7 Å². The predicted octanol–water partition coefficient (Wildman–Crippen LogP) is 2.06. The third-order valence-corrected chi connectivity index (χ3v) is 4.18. The van der Waals surface area contributed by atoms with Gasteiger partial charge in [0, 0.05) is 20.1 Å². The molecular weight excluding hydrogens is 340 g/mol. The standard InChI is InChI=1S/C21H28N4O2/c1-16(18-6-4-3-5-7-18)14-25-21(23-2)24-13-12-17-8-10-19(11-9-17)27-15-20(22)26/h3-11,16H,12-15H2,1-2H3,(H2,22,26)(H2,23,24,25). The molecule has 2 rings (SSSR count). The van der Waals surface area contributed by atoms with Gasteiger partial charge in [-0.3, -0.25) is 9.79 Å². The van der Waals surface area contributed by atoms with Crippen molar-refractivity contribution in [1.82, 2.24) is 10.6 Å². The Kier molecular flexibility index (Phi) is 8.16. The molecule has 6 heteroatoms. The number of carbonyl (C=O) groups is 1. The van der Waals surface area contributed by atoms with Gasteiger partial charge in [-0.15, -0.1) is 0 Å². The van der Waals surface area contributed by atoms with Crippen LogP contribution in [0.5, 0.6) is 5.75 Å². The van der Waals surface area contributed by atoms with Gasteiger partial charge < -0.3 is 21.1 Å². The van der Waals surface area contributed by atoms with E-state index in [1.165, 1.54) is 11.1 Å². The molecule has 0 heterocycles. The van der Waals surface area contributed by atoms with Crippen LogP contribution < -0.4 is 21.1 Å². The maximum absolute atomic E-state index is 10.7. The molecule has 4 N–H and O–H groups in total. The number of hydrogen-bond acceptors (Lipinski definition) is 3. The Labute approximate surface area is 160 Å². The highest BCUT2D eigenvalue weighted by molar-refractivity contribution is 5.79. The molecule has 144 valence electrons. The molecule has 6 nitrogen and oxygen atoms in total. The number of guanidine groups is 1. The van der Waals surface area contributed by atoms with Crippen LogP contribution in [0.15, 0.2) is 59.6 Å². The molecule has 1 atom stereocenters. The van der Waals surface area contributed by atoms with E-state index < -0.39 is 5.91 Å². The zero-order valence-electron chi connectivity index (χ0n) is 15.9. The van der Waals surface area contributed by atoms with Gasteiger partial charge in [0.2, 0.25) is 0 Å². The van der Waals surface area contributed by atoms with E-state index in [0.717, 1.165) is 25.5 Å². The topological polar surface area (TPSA) is 88.7 Å². The Hall–Kier alpha value is -3.02. The number of nitrogens with one attached hydrogen (secondary N) is 2. The Morgan fingerprint density at radius 1 is 1.11 bits per heavy atom. The van der Waals surface area contributed by atoms with Gasteiger partial charge in [0.05, 0.1) is 0 Å². The molecular formula is C21H28N4O2. The summed E-state index contributed by atoms with van der Waals surface area (Å²) in [5.41, 5.74) is 7.54. The van der Waals surface area contributed by atoms with Crippen molar-refractivity contribution < 1.29 is 9.53 Å². The van der Waals surface area contributed by atoms with Crippen LogP contribution in [0, 0.1) is 0 Å². The molecule has 2 aromatic carbocycles. The van der Waals surface area contributed by atoms with Crippen LogP contribution in [0.3, 0.4) is 0 Å². The SMILES string of the molecule is CN=C(NCCc1ccc(OCC(N)=O)cc1)NCC(C)c1ccccc1. The van der Waals surface area contributed by atoms with Gasteiger partial charge >= 0.3 is 0 Å². The van der Waals surface area contributed by atoms with Crippen molar-refractivity contribution in [2.45, 2.75) is 19.3 Å². The zero-order valence-corrected chi connectivity index (χ0v) is 15.9. The van der Waals surface area contributed by atoms with Crippen molar-refractivity contribution in [3.05, 3.63) is 65.7 Å². The lowest BCUT2D eigenvalue weighted by Gasteiger charge is -2.16. The Morgan fingerprint density at radius 2 is 1.81 bits per heavy atom. The van der Waals surface area contributed by atoms with Crippen molar-refractivity contribution in [3.63, 3.8) is 0 Å². The van der Waals surface area contributed by atoms with Gasteiger partial charge in [-0.2, -0.15) is 0 Å². The highest BCUT2D eigenvalue weighted by Crippen LogP contribution is 2.13. The summed E-state index contributed by atoms with van der Waals surface area (Å²) in [5, 5.41) is 6.69. The second-order valence-corrected chi connectivity index (χ2v) is 6.34. The molecule has 1 amide bonds. The molecule has 27 heavy (non-hydrogen) atoms. The summed E-state index contributed by atoms with van der Waals surface area (Å²) in [7, 11) is 1.77. The Morgan fingerprint density at radius 3 is 2.44 bits per heavy atom. The number of benzene rings is 2. The van der Waals surface area contributed by atoms with Crippen LogP contribution >= 0.6 is 0 Å². The first-order valence-electron chi connectivity index (χ1n) is 9.08. The van der Waals surface area contributed by atoms with Crippen LogP contribution in [-0.4, -0.2) is 38.6 Å². The quantitative estimate of drug-likeness (QED) is 0.467. The minimum atomic E-state index is -0.483. The van der Waals surface area contributed by atoms with E-state index >= 15 is 0 Å². The Balaban J connectivity index is 1.72. The van der Waals surface area contributed by atoms with Gasteiger partial charge in [0.25, 0.3) is 5.91 Å². The highest BCUT2D eigenvalue weighted by atomic mass is 16.5. The number of nitrogens with two attached hydrogens (primary N) is 1. The maximum atomic E-state index is 10.7. The minimum Gasteiger partial charge on any atom is -0.484 e. The highest BCUT2D eigenvalue weighted by Gasteiger charge is 2.06. The summed E-state index contributed by atoms with van der Waals surface area (Å²) in [6.45, 7) is 3.66. The van der Waals surface area contributed by atoms with E-state index in [1.54, 1.807) is 7.05 Å². The van der Waals surface area contributed by atoms with Crippen LogP contribution in [0.1, 0.15) is 24.0 Å². The van der Waals surface area contributed by atoms with Crippen LogP contribution in [0.4, 0.5) is 0 Å². The fraction of sp³-hybridized carbons (Fsp3) is 0.333. The molecule has 0 bridgehead atoms. The van der Waals surface area contributed by atoms with Crippen molar-refractivity contribution in [1.29, 1.82) is 0 Å². The van der Waals surface area contributed by atoms with Gasteiger partial charge in [0.1, 0.15) is 5.75 Å².